The van der Waals surface area contributed by atoms with E-state index in [2.05, 4.69) is 17.6 Å². The Hall–Kier alpha value is -1.58. The van der Waals surface area contributed by atoms with Crippen LogP contribution < -0.4 is 10.6 Å². The van der Waals surface area contributed by atoms with Crippen molar-refractivity contribution in [2.45, 2.75) is 45.6 Å². The first kappa shape index (κ1) is 14.8. The van der Waals surface area contributed by atoms with Crippen molar-refractivity contribution >= 4 is 11.6 Å². The standard InChI is InChI=1S/C16H23FN2O/c1-11-3-6-13(7-4-11)19-16(20)10-18-15-8-5-12(2)9-14(15)17/h5,8-9,11,13,18H,3-4,6-7,10H2,1-2H3,(H,19,20). The Labute approximate surface area is 120 Å². The Morgan fingerprint density at radius 2 is 2.00 bits per heavy atom. The van der Waals surface area contributed by atoms with E-state index >= 15 is 0 Å². The van der Waals surface area contributed by atoms with Crippen LogP contribution in [-0.4, -0.2) is 18.5 Å². The molecule has 2 N–H and O–H groups in total. The first-order valence-corrected chi connectivity index (χ1v) is 7.34. The van der Waals surface area contributed by atoms with Gasteiger partial charge in [-0.15, -0.1) is 0 Å². The Balaban J connectivity index is 1.77. The fourth-order valence-corrected chi connectivity index (χ4v) is 2.62. The molecule has 110 valence electrons. The minimum Gasteiger partial charge on any atom is -0.374 e. The summed E-state index contributed by atoms with van der Waals surface area (Å²) in [5, 5.41) is 5.87. The van der Waals surface area contributed by atoms with Crippen LogP contribution in [0.25, 0.3) is 0 Å². The van der Waals surface area contributed by atoms with Gasteiger partial charge in [0.05, 0.1) is 12.2 Å². The number of anilines is 1. The van der Waals surface area contributed by atoms with Crippen LogP contribution in [0.2, 0.25) is 0 Å². The number of amides is 1. The van der Waals surface area contributed by atoms with Gasteiger partial charge in [0.25, 0.3) is 0 Å². The monoisotopic (exact) mass is 278 g/mol. The van der Waals surface area contributed by atoms with Gasteiger partial charge in [-0.2, -0.15) is 0 Å². The molecule has 0 aromatic heterocycles. The quantitative estimate of drug-likeness (QED) is 0.887. The number of halogens is 1. The average molecular weight is 278 g/mol. The molecule has 1 fully saturated rings. The number of carbonyl (C=O) groups excluding carboxylic acids is 1. The molecule has 4 heteroatoms. The van der Waals surface area contributed by atoms with E-state index in [4.69, 9.17) is 0 Å². The molecule has 0 spiro atoms. The highest BCUT2D eigenvalue weighted by Gasteiger charge is 2.19. The van der Waals surface area contributed by atoms with Gasteiger partial charge in [0, 0.05) is 6.04 Å². The summed E-state index contributed by atoms with van der Waals surface area (Å²) in [7, 11) is 0. The van der Waals surface area contributed by atoms with Crippen molar-refractivity contribution in [1.82, 2.24) is 5.32 Å². The van der Waals surface area contributed by atoms with Gasteiger partial charge >= 0.3 is 0 Å². The molecule has 0 heterocycles. The maximum absolute atomic E-state index is 13.6. The maximum Gasteiger partial charge on any atom is 0.239 e. The highest BCUT2D eigenvalue weighted by atomic mass is 19.1. The molecule has 0 bridgehead atoms. The number of nitrogens with one attached hydrogen (secondary N) is 2. The van der Waals surface area contributed by atoms with Gasteiger partial charge in [-0.05, 0) is 56.2 Å². The van der Waals surface area contributed by atoms with Gasteiger partial charge < -0.3 is 10.6 Å². The number of carbonyl (C=O) groups is 1. The molecule has 0 aliphatic heterocycles. The Morgan fingerprint density at radius 1 is 1.30 bits per heavy atom. The summed E-state index contributed by atoms with van der Waals surface area (Å²) in [6.45, 7) is 4.20. The molecule has 0 unspecified atom stereocenters. The van der Waals surface area contributed by atoms with Crippen LogP contribution in [0.3, 0.4) is 0 Å². The molecule has 20 heavy (non-hydrogen) atoms. The lowest BCUT2D eigenvalue weighted by atomic mass is 9.87. The van der Waals surface area contributed by atoms with Crippen molar-refractivity contribution in [1.29, 1.82) is 0 Å². The van der Waals surface area contributed by atoms with Crippen molar-refractivity contribution in [3.63, 3.8) is 0 Å². The van der Waals surface area contributed by atoms with Gasteiger partial charge in [0.2, 0.25) is 5.91 Å². The molecule has 1 aliphatic carbocycles. The van der Waals surface area contributed by atoms with Crippen LogP contribution in [0.1, 0.15) is 38.2 Å². The third kappa shape index (κ3) is 4.22. The molecule has 2 rings (SSSR count). The van der Waals surface area contributed by atoms with E-state index in [0.717, 1.165) is 24.3 Å². The van der Waals surface area contributed by atoms with Crippen LogP contribution in [0, 0.1) is 18.7 Å². The van der Waals surface area contributed by atoms with E-state index in [-0.39, 0.29) is 24.3 Å². The first-order valence-electron chi connectivity index (χ1n) is 7.34. The van der Waals surface area contributed by atoms with Crippen LogP contribution in [0.4, 0.5) is 10.1 Å². The van der Waals surface area contributed by atoms with E-state index in [1.54, 1.807) is 6.07 Å². The predicted molar refractivity (Wildman–Crippen MR) is 79.2 cm³/mol. The lowest BCUT2D eigenvalue weighted by Crippen LogP contribution is -2.40. The average Bonchev–Trinajstić information content (AvgIpc) is 2.40. The van der Waals surface area contributed by atoms with Crippen molar-refractivity contribution in [2.75, 3.05) is 11.9 Å². The maximum atomic E-state index is 13.6. The number of hydrogen-bond acceptors (Lipinski definition) is 2. The second kappa shape index (κ2) is 6.73. The fourth-order valence-electron chi connectivity index (χ4n) is 2.62. The third-order valence-corrected chi connectivity index (χ3v) is 3.94. The minimum atomic E-state index is -0.315. The van der Waals surface area contributed by atoms with E-state index in [9.17, 15) is 9.18 Å². The molecule has 0 saturated heterocycles. The lowest BCUT2D eigenvalue weighted by molar-refractivity contribution is -0.120. The molecule has 1 saturated carbocycles. The number of hydrogen-bond donors (Lipinski definition) is 2. The normalized spacial score (nSPS) is 22.4. The highest BCUT2D eigenvalue weighted by molar-refractivity contribution is 5.81. The topological polar surface area (TPSA) is 41.1 Å². The molecular formula is C16H23FN2O. The molecule has 3 nitrogen and oxygen atoms in total. The van der Waals surface area contributed by atoms with E-state index in [1.807, 2.05) is 13.0 Å². The summed E-state index contributed by atoms with van der Waals surface area (Å²) >= 11 is 0. The Morgan fingerprint density at radius 3 is 2.65 bits per heavy atom. The smallest absolute Gasteiger partial charge is 0.239 e. The molecular weight excluding hydrogens is 255 g/mol. The van der Waals surface area contributed by atoms with E-state index < -0.39 is 0 Å². The van der Waals surface area contributed by atoms with Crippen molar-refractivity contribution < 1.29 is 9.18 Å². The van der Waals surface area contributed by atoms with Gasteiger partial charge in [0.1, 0.15) is 5.82 Å². The van der Waals surface area contributed by atoms with Gasteiger partial charge in [-0.1, -0.05) is 13.0 Å². The fraction of sp³-hybridized carbons (Fsp3) is 0.562. The third-order valence-electron chi connectivity index (χ3n) is 3.94. The molecule has 1 aromatic rings. The minimum absolute atomic E-state index is 0.0653. The van der Waals surface area contributed by atoms with E-state index in [0.29, 0.717) is 5.69 Å². The van der Waals surface area contributed by atoms with Crippen LogP contribution in [-0.2, 0) is 4.79 Å². The van der Waals surface area contributed by atoms with Crippen LogP contribution >= 0.6 is 0 Å². The molecule has 1 amide bonds. The largest absolute Gasteiger partial charge is 0.374 e. The lowest BCUT2D eigenvalue weighted by Gasteiger charge is -2.27. The molecule has 1 aliphatic rings. The number of aryl methyl sites for hydroxylation is 1. The first-order chi connectivity index (χ1) is 9.54. The Bertz CT molecular complexity index is 468. The summed E-state index contributed by atoms with van der Waals surface area (Å²) in [6, 6.07) is 5.23. The zero-order valence-corrected chi connectivity index (χ0v) is 12.2. The van der Waals surface area contributed by atoms with E-state index in [1.165, 1.54) is 18.9 Å². The van der Waals surface area contributed by atoms with Crippen LogP contribution in [0.5, 0.6) is 0 Å². The van der Waals surface area contributed by atoms with Gasteiger partial charge in [0.15, 0.2) is 0 Å². The van der Waals surface area contributed by atoms with Crippen molar-refractivity contribution in [3.8, 4) is 0 Å². The molecule has 1 aromatic carbocycles. The SMILES string of the molecule is Cc1ccc(NCC(=O)NC2CCC(C)CC2)c(F)c1. The number of benzene rings is 1. The zero-order valence-electron chi connectivity index (χ0n) is 12.2. The molecule has 0 radical (unpaired) electrons. The van der Waals surface area contributed by atoms with Crippen molar-refractivity contribution in [3.05, 3.63) is 29.6 Å². The van der Waals surface area contributed by atoms with Crippen molar-refractivity contribution in [2.24, 2.45) is 5.92 Å². The highest BCUT2D eigenvalue weighted by Crippen LogP contribution is 2.23. The van der Waals surface area contributed by atoms with Crippen LogP contribution in [0.15, 0.2) is 18.2 Å². The van der Waals surface area contributed by atoms with Gasteiger partial charge in [-0.3, -0.25) is 4.79 Å². The number of rotatable bonds is 4. The molecule has 0 atom stereocenters. The Kier molecular flexibility index (Phi) is 4.99. The summed E-state index contributed by atoms with van der Waals surface area (Å²) in [6.07, 6.45) is 4.44. The summed E-state index contributed by atoms with van der Waals surface area (Å²) in [5.74, 6) is 0.386. The second-order valence-corrected chi connectivity index (χ2v) is 5.86. The summed E-state index contributed by atoms with van der Waals surface area (Å²) in [5.41, 5.74) is 1.25. The van der Waals surface area contributed by atoms with Gasteiger partial charge in [-0.25, -0.2) is 4.39 Å². The predicted octanol–water partition coefficient (Wildman–Crippen LogP) is 3.24. The second-order valence-electron chi connectivity index (χ2n) is 5.86. The summed E-state index contributed by atoms with van der Waals surface area (Å²) in [4.78, 5) is 11.8. The summed E-state index contributed by atoms with van der Waals surface area (Å²) < 4.78 is 13.6. The zero-order chi connectivity index (χ0) is 14.5.